The second-order valence-corrected chi connectivity index (χ2v) is 5.72. The largest absolute Gasteiger partial charge is 0.416 e. The molecule has 0 saturated carbocycles. The summed E-state index contributed by atoms with van der Waals surface area (Å²) in [6.07, 6.45) is -4.60. The van der Waals surface area contributed by atoms with Gasteiger partial charge in [-0.15, -0.1) is 5.12 Å². The predicted molar refractivity (Wildman–Crippen MR) is 78.5 cm³/mol. The monoisotopic (exact) mass is 333 g/mol. The Morgan fingerprint density at radius 1 is 1.22 bits per heavy atom. The minimum atomic E-state index is -4.60. The number of likely N-dealkylation sites (N-methyl/N-ethyl adjacent to an activating group) is 1. The van der Waals surface area contributed by atoms with Gasteiger partial charge in [0, 0.05) is 39.6 Å². The Hall–Kier alpha value is -1.67. The van der Waals surface area contributed by atoms with Crippen molar-refractivity contribution in [2.45, 2.75) is 19.6 Å². The highest BCUT2D eigenvalue weighted by molar-refractivity contribution is 5.89. The van der Waals surface area contributed by atoms with E-state index in [1.165, 1.54) is 12.1 Å². The van der Waals surface area contributed by atoms with Crippen molar-refractivity contribution in [2.24, 2.45) is 0 Å². The molecule has 0 N–H and O–H groups in total. The van der Waals surface area contributed by atoms with Gasteiger partial charge in [0.2, 0.25) is 0 Å². The van der Waals surface area contributed by atoms with E-state index in [4.69, 9.17) is 0 Å². The standard InChI is InChI=1S/C15H19F4N3O/c1-11(23)22(19)13-4-3-12(14(9-13)15(16,17)18)10-21-7-5-20(2)6-8-21/h3-4,9H,5-8,10H2,1-2H3. The fraction of sp³-hybridized carbons (Fsp3) is 0.533. The summed E-state index contributed by atoms with van der Waals surface area (Å²) in [6.45, 7) is 4.04. The minimum absolute atomic E-state index is 0.0859. The molecule has 0 atom stereocenters. The second-order valence-electron chi connectivity index (χ2n) is 5.72. The molecule has 128 valence electrons. The topological polar surface area (TPSA) is 26.8 Å². The first-order valence-electron chi connectivity index (χ1n) is 7.26. The van der Waals surface area contributed by atoms with Crippen LogP contribution in [0.4, 0.5) is 23.3 Å². The molecule has 4 nitrogen and oxygen atoms in total. The Morgan fingerprint density at radius 3 is 2.35 bits per heavy atom. The van der Waals surface area contributed by atoms with Gasteiger partial charge in [-0.05, 0) is 24.7 Å². The Balaban J connectivity index is 2.26. The van der Waals surface area contributed by atoms with E-state index < -0.39 is 23.3 Å². The Bertz CT molecular complexity index is 568. The number of benzene rings is 1. The number of halogens is 4. The number of amides is 1. The minimum Gasteiger partial charge on any atom is -0.304 e. The molecule has 1 aromatic rings. The number of piperazine rings is 1. The maximum absolute atomic E-state index is 13.6. The normalized spacial score (nSPS) is 17.3. The van der Waals surface area contributed by atoms with E-state index in [2.05, 4.69) is 4.90 Å². The molecule has 1 saturated heterocycles. The van der Waals surface area contributed by atoms with E-state index in [0.29, 0.717) is 19.2 Å². The van der Waals surface area contributed by atoms with Gasteiger partial charge in [-0.25, -0.2) is 0 Å². The average Bonchev–Trinajstić information content (AvgIpc) is 2.48. The van der Waals surface area contributed by atoms with Gasteiger partial charge in [-0.3, -0.25) is 9.69 Å². The van der Waals surface area contributed by atoms with Crippen molar-refractivity contribution in [3.63, 3.8) is 0 Å². The molecule has 0 unspecified atom stereocenters. The van der Waals surface area contributed by atoms with Crippen LogP contribution in [-0.4, -0.2) is 48.9 Å². The van der Waals surface area contributed by atoms with Crippen LogP contribution in [0.1, 0.15) is 18.1 Å². The van der Waals surface area contributed by atoms with E-state index >= 15 is 0 Å². The lowest BCUT2D eigenvalue weighted by Gasteiger charge is -2.33. The summed E-state index contributed by atoms with van der Waals surface area (Å²) in [5.74, 6) is -0.968. The van der Waals surface area contributed by atoms with Gasteiger partial charge in [0.05, 0.1) is 11.3 Å². The summed E-state index contributed by atoms with van der Waals surface area (Å²) in [5, 5.41) is -0.283. The third-order valence-electron chi connectivity index (χ3n) is 3.89. The van der Waals surface area contributed by atoms with E-state index in [1.807, 2.05) is 11.9 Å². The van der Waals surface area contributed by atoms with E-state index in [0.717, 1.165) is 20.0 Å². The molecule has 0 radical (unpaired) electrons. The molecule has 0 spiro atoms. The fourth-order valence-corrected chi connectivity index (χ4v) is 2.52. The van der Waals surface area contributed by atoms with Gasteiger partial charge in [-0.2, -0.15) is 13.2 Å². The third-order valence-corrected chi connectivity index (χ3v) is 3.89. The SMILES string of the molecule is CC(=O)N(F)c1ccc(CN2CCN(C)CC2)c(C(F)(F)F)c1. The fourth-order valence-electron chi connectivity index (χ4n) is 2.52. The van der Waals surface area contributed by atoms with Crippen LogP contribution in [-0.2, 0) is 17.5 Å². The van der Waals surface area contributed by atoms with Crippen LogP contribution in [0, 0.1) is 0 Å². The molecule has 1 amide bonds. The van der Waals surface area contributed by atoms with Crippen molar-refractivity contribution in [3.05, 3.63) is 29.3 Å². The van der Waals surface area contributed by atoms with Gasteiger partial charge in [-0.1, -0.05) is 10.5 Å². The van der Waals surface area contributed by atoms with E-state index in [1.54, 1.807) is 0 Å². The molecule has 2 rings (SSSR count). The van der Waals surface area contributed by atoms with Crippen molar-refractivity contribution in [2.75, 3.05) is 38.3 Å². The smallest absolute Gasteiger partial charge is 0.304 e. The maximum atomic E-state index is 13.6. The zero-order valence-corrected chi connectivity index (χ0v) is 13.0. The summed E-state index contributed by atoms with van der Waals surface area (Å²) >= 11 is 0. The molecular weight excluding hydrogens is 314 g/mol. The lowest BCUT2D eigenvalue weighted by molar-refractivity contribution is -0.138. The summed E-state index contributed by atoms with van der Waals surface area (Å²) in [4.78, 5) is 15.0. The highest BCUT2D eigenvalue weighted by Gasteiger charge is 2.34. The van der Waals surface area contributed by atoms with Crippen LogP contribution in [0.5, 0.6) is 0 Å². The Kier molecular flexibility index (Phi) is 5.26. The van der Waals surface area contributed by atoms with Crippen molar-refractivity contribution >= 4 is 11.6 Å². The van der Waals surface area contributed by atoms with Crippen LogP contribution < -0.4 is 5.12 Å². The van der Waals surface area contributed by atoms with E-state index in [-0.39, 0.29) is 17.2 Å². The number of alkyl halides is 3. The second kappa shape index (κ2) is 6.84. The number of carbonyl (C=O) groups is 1. The van der Waals surface area contributed by atoms with Gasteiger partial charge in [0.15, 0.2) is 0 Å². The molecule has 1 aliphatic rings. The molecular formula is C15H19F4N3O. The zero-order valence-electron chi connectivity index (χ0n) is 13.0. The highest BCUT2D eigenvalue weighted by atomic mass is 19.4. The number of carbonyl (C=O) groups excluding carboxylic acids is 1. The third kappa shape index (κ3) is 4.42. The summed E-state index contributed by atoms with van der Waals surface area (Å²) in [5.41, 5.74) is -1.23. The van der Waals surface area contributed by atoms with Crippen molar-refractivity contribution in [1.29, 1.82) is 0 Å². The quantitative estimate of drug-likeness (QED) is 0.629. The Morgan fingerprint density at radius 2 is 1.83 bits per heavy atom. The number of hydrogen-bond acceptors (Lipinski definition) is 3. The predicted octanol–water partition coefficient (Wildman–Crippen LogP) is 2.69. The van der Waals surface area contributed by atoms with Crippen molar-refractivity contribution in [1.82, 2.24) is 9.80 Å². The van der Waals surface area contributed by atoms with Gasteiger partial charge in [0.1, 0.15) is 0 Å². The van der Waals surface area contributed by atoms with Crippen LogP contribution in [0.3, 0.4) is 0 Å². The number of rotatable bonds is 3. The molecule has 1 aromatic carbocycles. The summed E-state index contributed by atoms with van der Waals surface area (Å²) in [6, 6.07) is 3.13. The van der Waals surface area contributed by atoms with Crippen LogP contribution >= 0.6 is 0 Å². The molecule has 0 bridgehead atoms. The molecule has 0 aromatic heterocycles. The van der Waals surface area contributed by atoms with Crippen molar-refractivity contribution in [3.8, 4) is 0 Å². The lowest BCUT2D eigenvalue weighted by atomic mass is 10.0. The average molecular weight is 333 g/mol. The molecule has 1 aliphatic heterocycles. The molecule has 1 heterocycles. The molecule has 1 fully saturated rings. The Labute approximate surface area is 132 Å². The van der Waals surface area contributed by atoms with E-state index in [9.17, 15) is 22.4 Å². The first kappa shape index (κ1) is 17.7. The van der Waals surface area contributed by atoms with Crippen LogP contribution in [0.2, 0.25) is 0 Å². The first-order valence-corrected chi connectivity index (χ1v) is 7.26. The number of anilines is 1. The lowest BCUT2D eigenvalue weighted by Crippen LogP contribution is -2.44. The first-order chi connectivity index (χ1) is 10.7. The van der Waals surface area contributed by atoms with Crippen LogP contribution in [0.25, 0.3) is 0 Å². The molecule has 8 heteroatoms. The van der Waals surface area contributed by atoms with Gasteiger partial charge < -0.3 is 4.90 Å². The highest BCUT2D eigenvalue weighted by Crippen LogP contribution is 2.35. The number of hydrogen-bond donors (Lipinski definition) is 0. The summed E-state index contributed by atoms with van der Waals surface area (Å²) < 4.78 is 53.3. The number of nitrogens with zero attached hydrogens (tertiary/aromatic N) is 3. The molecule has 23 heavy (non-hydrogen) atoms. The van der Waals surface area contributed by atoms with Gasteiger partial charge in [0.25, 0.3) is 5.91 Å². The van der Waals surface area contributed by atoms with Crippen molar-refractivity contribution < 1.29 is 22.4 Å². The zero-order chi connectivity index (χ0) is 17.2. The maximum Gasteiger partial charge on any atom is 0.416 e. The van der Waals surface area contributed by atoms with Gasteiger partial charge >= 0.3 is 6.18 Å². The van der Waals surface area contributed by atoms with Crippen LogP contribution in [0.15, 0.2) is 18.2 Å². The molecule has 0 aliphatic carbocycles. The summed E-state index contributed by atoms with van der Waals surface area (Å²) in [7, 11) is 1.96.